The summed E-state index contributed by atoms with van der Waals surface area (Å²) in [5, 5.41) is 7.25. The summed E-state index contributed by atoms with van der Waals surface area (Å²) in [5.41, 5.74) is 2.03. The number of guanidine groups is 1. The monoisotopic (exact) mass is 343 g/mol. The molecule has 2 heterocycles. The van der Waals surface area contributed by atoms with E-state index in [0.29, 0.717) is 6.54 Å². The molecule has 0 radical (unpaired) electrons. The molecular weight excluding hydrogens is 318 g/mol. The molecule has 3 rings (SSSR count). The molecule has 2 aromatic rings. The molecular formula is C18H25N5O2. The Hall–Kier alpha value is -2.70. The van der Waals surface area contributed by atoms with Gasteiger partial charge in [-0.15, -0.1) is 0 Å². The van der Waals surface area contributed by atoms with Crippen LogP contribution < -0.4 is 15.0 Å². The van der Waals surface area contributed by atoms with Crippen LogP contribution in [0.5, 0.6) is 5.75 Å². The number of para-hydroxylation sites is 2. The van der Waals surface area contributed by atoms with E-state index in [9.17, 15) is 0 Å². The Balaban J connectivity index is 1.57. The number of nitrogens with zero attached hydrogens (tertiary/aromatic N) is 4. The molecule has 1 aliphatic rings. The Labute approximate surface area is 148 Å². The Morgan fingerprint density at radius 2 is 2.04 bits per heavy atom. The van der Waals surface area contributed by atoms with E-state index in [-0.39, 0.29) is 0 Å². The van der Waals surface area contributed by atoms with E-state index in [1.54, 1.807) is 14.2 Å². The molecule has 0 saturated carbocycles. The van der Waals surface area contributed by atoms with Gasteiger partial charge in [0.15, 0.2) is 11.7 Å². The number of piperazine rings is 1. The Bertz CT molecular complexity index is 720. The van der Waals surface area contributed by atoms with Gasteiger partial charge in [-0.1, -0.05) is 17.3 Å². The fourth-order valence-corrected chi connectivity index (χ4v) is 3.05. The minimum absolute atomic E-state index is 0.584. The molecule has 0 spiro atoms. The highest BCUT2D eigenvalue weighted by atomic mass is 16.5. The van der Waals surface area contributed by atoms with Gasteiger partial charge < -0.3 is 24.4 Å². The van der Waals surface area contributed by atoms with Crippen LogP contribution in [0, 0.1) is 6.92 Å². The van der Waals surface area contributed by atoms with Crippen LogP contribution in [0.25, 0.3) is 0 Å². The van der Waals surface area contributed by atoms with Crippen molar-refractivity contribution in [2.75, 3.05) is 45.2 Å². The lowest BCUT2D eigenvalue weighted by atomic mass is 10.2. The molecule has 1 aliphatic heterocycles. The Kier molecular flexibility index (Phi) is 5.42. The standard InChI is InChI=1S/C18H25N5O2/c1-14-12-15(25-21-14)13-20-18(19-2)23-10-8-22(9-11-23)16-6-4-5-7-17(16)24-3/h4-7,12H,8-11,13H2,1-3H3,(H,19,20). The van der Waals surface area contributed by atoms with Gasteiger partial charge in [0.25, 0.3) is 0 Å². The number of benzene rings is 1. The summed E-state index contributed by atoms with van der Waals surface area (Å²) in [7, 11) is 3.52. The number of aromatic nitrogens is 1. The first-order valence-corrected chi connectivity index (χ1v) is 8.47. The second kappa shape index (κ2) is 7.92. The van der Waals surface area contributed by atoms with Crippen LogP contribution in [0.15, 0.2) is 39.8 Å². The van der Waals surface area contributed by atoms with Crippen LogP contribution in [0.2, 0.25) is 0 Å². The van der Waals surface area contributed by atoms with E-state index in [2.05, 4.69) is 31.3 Å². The third-order valence-electron chi connectivity index (χ3n) is 4.31. The molecule has 0 aliphatic carbocycles. The SMILES string of the molecule is CN=C(NCc1cc(C)no1)N1CCN(c2ccccc2OC)CC1. The Morgan fingerprint density at radius 3 is 2.68 bits per heavy atom. The van der Waals surface area contributed by atoms with Crippen molar-refractivity contribution in [1.29, 1.82) is 0 Å². The first-order chi connectivity index (χ1) is 12.2. The third-order valence-corrected chi connectivity index (χ3v) is 4.31. The summed E-state index contributed by atoms with van der Waals surface area (Å²) in [4.78, 5) is 9.00. The highest BCUT2D eigenvalue weighted by Gasteiger charge is 2.21. The molecule has 7 heteroatoms. The molecule has 25 heavy (non-hydrogen) atoms. The molecule has 1 aromatic carbocycles. The fraction of sp³-hybridized carbons (Fsp3) is 0.444. The molecule has 0 atom stereocenters. The summed E-state index contributed by atoms with van der Waals surface area (Å²) < 4.78 is 10.7. The van der Waals surface area contributed by atoms with Crippen LogP contribution >= 0.6 is 0 Å². The van der Waals surface area contributed by atoms with Crippen molar-refractivity contribution in [2.24, 2.45) is 4.99 Å². The number of rotatable bonds is 4. The lowest BCUT2D eigenvalue weighted by molar-refractivity contribution is 0.354. The molecule has 1 N–H and O–H groups in total. The van der Waals surface area contributed by atoms with Crippen molar-refractivity contribution in [3.05, 3.63) is 41.8 Å². The molecule has 1 saturated heterocycles. The lowest BCUT2D eigenvalue weighted by Crippen LogP contribution is -2.52. The molecule has 0 unspecified atom stereocenters. The van der Waals surface area contributed by atoms with Crippen LogP contribution in [0.4, 0.5) is 5.69 Å². The van der Waals surface area contributed by atoms with Gasteiger partial charge in [0.05, 0.1) is 25.0 Å². The lowest BCUT2D eigenvalue weighted by Gasteiger charge is -2.38. The molecule has 0 amide bonds. The molecule has 1 aromatic heterocycles. The van der Waals surface area contributed by atoms with E-state index in [4.69, 9.17) is 9.26 Å². The average Bonchev–Trinajstić information content (AvgIpc) is 3.08. The zero-order valence-electron chi connectivity index (χ0n) is 15.0. The van der Waals surface area contributed by atoms with Gasteiger partial charge in [-0.05, 0) is 19.1 Å². The average molecular weight is 343 g/mol. The highest BCUT2D eigenvalue weighted by molar-refractivity contribution is 5.80. The molecule has 0 bridgehead atoms. The smallest absolute Gasteiger partial charge is 0.194 e. The van der Waals surface area contributed by atoms with Crippen LogP contribution in [-0.2, 0) is 6.54 Å². The van der Waals surface area contributed by atoms with Gasteiger partial charge in [0.1, 0.15) is 5.75 Å². The van der Waals surface area contributed by atoms with Gasteiger partial charge in [-0.25, -0.2) is 0 Å². The number of nitrogens with one attached hydrogen (secondary N) is 1. The van der Waals surface area contributed by atoms with E-state index >= 15 is 0 Å². The van der Waals surface area contributed by atoms with Crippen molar-refractivity contribution >= 4 is 11.6 Å². The number of hydrogen-bond donors (Lipinski definition) is 1. The van der Waals surface area contributed by atoms with Crippen molar-refractivity contribution in [3.63, 3.8) is 0 Å². The molecule has 1 fully saturated rings. The minimum atomic E-state index is 0.584. The first kappa shape index (κ1) is 17.1. The first-order valence-electron chi connectivity index (χ1n) is 8.47. The van der Waals surface area contributed by atoms with E-state index in [1.807, 2.05) is 31.2 Å². The maximum atomic E-state index is 5.48. The number of anilines is 1. The maximum absolute atomic E-state index is 5.48. The van der Waals surface area contributed by atoms with E-state index in [1.165, 1.54) is 0 Å². The third kappa shape index (κ3) is 4.04. The zero-order chi connectivity index (χ0) is 17.6. The van der Waals surface area contributed by atoms with Crippen LogP contribution in [-0.4, -0.2) is 56.4 Å². The van der Waals surface area contributed by atoms with Gasteiger partial charge >= 0.3 is 0 Å². The van der Waals surface area contributed by atoms with Crippen molar-refractivity contribution in [3.8, 4) is 5.75 Å². The van der Waals surface area contributed by atoms with Crippen molar-refractivity contribution in [1.82, 2.24) is 15.4 Å². The van der Waals surface area contributed by atoms with E-state index < -0.39 is 0 Å². The van der Waals surface area contributed by atoms with Gasteiger partial charge in [-0.3, -0.25) is 4.99 Å². The maximum Gasteiger partial charge on any atom is 0.194 e. The fourth-order valence-electron chi connectivity index (χ4n) is 3.05. The minimum Gasteiger partial charge on any atom is -0.495 e. The summed E-state index contributed by atoms with van der Waals surface area (Å²) in [6, 6.07) is 10.1. The normalized spacial score (nSPS) is 15.4. The molecule has 134 valence electrons. The van der Waals surface area contributed by atoms with E-state index in [0.717, 1.165) is 55.0 Å². The van der Waals surface area contributed by atoms with Gasteiger partial charge in [-0.2, -0.15) is 0 Å². The topological polar surface area (TPSA) is 66.1 Å². The Morgan fingerprint density at radius 1 is 1.28 bits per heavy atom. The highest BCUT2D eigenvalue weighted by Crippen LogP contribution is 2.28. The van der Waals surface area contributed by atoms with Gasteiger partial charge in [0, 0.05) is 39.3 Å². The number of hydrogen-bond acceptors (Lipinski definition) is 5. The second-order valence-corrected chi connectivity index (χ2v) is 5.98. The summed E-state index contributed by atoms with van der Waals surface area (Å²) in [6.45, 7) is 6.13. The second-order valence-electron chi connectivity index (χ2n) is 5.98. The predicted octanol–water partition coefficient (Wildman–Crippen LogP) is 1.89. The number of aryl methyl sites for hydroxylation is 1. The summed E-state index contributed by atoms with van der Waals surface area (Å²) in [6.07, 6.45) is 0. The molecule has 7 nitrogen and oxygen atoms in total. The number of methoxy groups -OCH3 is 1. The quantitative estimate of drug-likeness (QED) is 0.675. The van der Waals surface area contributed by atoms with Crippen LogP contribution in [0.3, 0.4) is 0 Å². The largest absolute Gasteiger partial charge is 0.495 e. The number of ether oxygens (including phenoxy) is 1. The van der Waals surface area contributed by atoms with Crippen molar-refractivity contribution in [2.45, 2.75) is 13.5 Å². The van der Waals surface area contributed by atoms with Crippen molar-refractivity contribution < 1.29 is 9.26 Å². The summed E-state index contributed by atoms with van der Waals surface area (Å²) in [5.74, 6) is 2.61. The summed E-state index contributed by atoms with van der Waals surface area (Å²) >= 11 is 0. The zero-order valence-corrected chi connectivity index (χ0v) is 15.0. The number of aliphatic imine (C=N–C) groups is 1. The predicted molar refractivity (Wildman–Crippen MR) is 98.2 cm³/mol. The van der Waals surface area contributed by atoms with Crippen LogP contribution in [0.1, 0.15) is 11.5 Å². The van der Waals surface area contributed by atoms with Gasteiger partial charge in [0.2, 0.25) is 0 Å².